The fourth-order valence-corrected chi connectivity index (χ4v) is 2.19. The van der Waals surface area contributed by atoms with E-state index in [1.54, 1.807) is 0 Å². The number of nitrogens with one attached hydrogen (secondary N) is 1. The Labute approximate surface area is 118 Å². The van der Waals surface area contributed by atoms with E-state index < -0.39 is 6.04 Å². The molecule has 108 valence electrons. The molecular formula is C15H21N3O2. The van der Waals surface area contributed by atoms with Crippen LogP contribution in [-0.2, 0) is 16.1 Å². The summed E-state index contributed by atoms with van der Waals surface area (Å²) in [6.45, 7) is 3.31. The molecule has 3 N–H and O–H groups in total. The van der Waals surface area contributed by atoms with Crippen LogP contribution in [0.2, 0.25) is 0 Å². The number of methoxy groups -OCH3 is 1. The Hall–Kier alpha value is -1.85. The molecule has 0 saturated heterocycles. The van der Waals surface area contributed by atoms with Crippen LogP contribution in [0.4, 0.5) is 5.69 Å². The molecule has 5 nitrogen and oxygen atoms in total. The molecule has 0 radical (unpaired) electrons. The molecule has 0 fully saturated rings. The van der Waals surface area contributed by atoms with Crippen molar-refractivity contribution in [3.05, 3.63) is 30.5 Å². The van der Waals surface area contributed by atoms with Gasteiger partial charge in [-0.15, -0.1) is 0 Å². The minimum atomic E-state index is -0.655. The van der Waals surface area contributed by atoms with Crippen molar-refractivity contribution in [2.24, 2.45) is 5.73 Å². The molecule has 0 aliphatic rings. The number of rotatable bonds is 6. The molecule has 1 aromatic carbocycles. The Bertz CT molecular complexity index is 592. The first-order valence-electron chi connectivity index (χ1n) is 6.80. The Kier molecular flexibility index (Phi) is 4.76. The van der Waals surface area contributed by atoms with Crippen LogP contribution in [0.25, 0.3) is 10.9 Å². The van der Waals surface area contributed by atoms with Crippen LogP contribution in [0.3, 0.4) is 0 Å². The van der Waals surface area contributed by atoms with Crippen molar-refractivity contribution in [1.82, 2.24) is 4.57 Å². The second-order valence-electron chi connectivity index (χ2n) is 4.83. The monoisotopic (exact) mass is 275 g/mol. The molecule has 0 aliphatic heterocycles. The highest BCUT2D eigenvalue weighted by Crippen LogP contribution is 2.21. The van der Waals surface area contributed by atoms with Crippen molar-refractivity contribution in [3.63, 3.8) is 0 Å². The lowest BCUT2D eigenvalue weighted by atomic mass is 10.2. The average molecular weight is 275 g/mol. The summed E-state index contributed by atoms with van der Waals surface area (Å²) in [5.41, 5.74) is 7.57. The molecule has 2 rings (SSSR count). The SMILES string of the molecule is CCCn1ccc2ccc(NC(=O)C(N)COC)cc21. The summed E-state index contributed by atoms with van der Waals surface area (Å²) in [7, 11) is 1.52. The third kappa shape index (κ3) is 3.18. The lowest BCUT2D eigenvalue weighted by Gasteiger charge is -2.12. The number of benzene rings is 1. The van der Waals surface area contributed by atoms with Crippen molar-refractivity contribution in [2.45, 2.75) is 25.9 Å². The second-order valence-corrected chi connectivity index (χ2v) is 4.83. The van der Waals surface area contributed by atoms with Gasteiger partial charge in [-0.3, -0.25) is 4.79 Å². The number of carbonyl (C=O) groups is 1. The fraction of sp³-hybridized carbons (Fsp3) is 0.400. The van der Waals surface area contributed by atoms with Gasteiger partial charge in [-0.1, -0.05) is 13.0 Å². The van der Waals surface area contributed by atoms with Gasteiger partial charge >= 0.3 is 0 Å². The van der Waals surface area contributed by atoms with Crippen LogP contribution in [0.1, 0.15) is 13.3 Å². The number of hydrogen-bond acceptors (Lipinski definition) is 3. The predicted molar refractivity (Wildman–Crippen MR) is 80.7 cm³/mol. The zero-order valence-electron chi connectivity index (χ0n) is 11.9. The maximum atomic E-state index is 11.9. The molecule has 0 bridgehead atoms. The normalized spacial score (nSPS) is 12.6. The van der Waals surface area contributed by atoms with Gasteiger partial charge in [0.05, 0.1) is 12.1 Å². The van der Waals surface area contributed by atoms with Crippen LogP contribution in [0.15, 0.2) is 30.5 Å². The number of nitrogens with two attached hydrogens (primary N) is 1. The highest BCUT2D eigenvalue weighted by atomic mass is 16.5. The van der Waals surface area contributed by atoms with E-state index >= 15 is 0 Å². The van der Waals surface area contributed by atoms with Gasteiger partial charge in [0.25, 0.3) is 0 Å². The van der Waals surface area contributed by atoms with E-state index in [2.05, 4.69) is 29.1 Å². The Morgan fingerprint density at radius 3 is 2.95 bits per heavy atom. The van der Waals surface area contributed by atoms with Gasteiger partial charge in [0.1, 0.15) is 6.04 Å². The van der Waals surface area contributed by atoms with Crippen molar-refractivity contribution in [3.8, 4) is 0 Å². The summed E-state index contributed by atoms with van der Waals surface area (Å²) >= 11 is 0. The zero-order chi connectivity index (χ0) is 14.5. The van der Waals surface area contributed by atoms with Crippen molar-refractivity contribution < 1.29 is 9.53 Å². The Morgan fingerprint density at radius 1 is 1.45 bits per heavy atom. The van der Waals surface area contributed by atoms with E-state index in [1.165, 1.54) is 7.11 Å². The van der Waals surface area contributed by atoms with Gasteiger partial charge in [-0.25, -0.2) is 0 Å². The average Bonchev–Trinajstić information content (AvgIpc) is 2.82. The topological polar surface area (TPSA) is 69.3 Å². The lowest BCUT2D eigenvalue weighted by Crippen LogP contribution is -2.39. The number of ether oxygens (including phenoxy) is 1. The molecular weight excluding hydrogens is 254 g/mol. The van der Waals surface area contributed by atoms with Crippen LogP contribution in [-0.4, -0.2) is 30.2 Å². The summed E-state index contributed by atoms with van der Waals surface area (Å²) in [6, 6.07) is 7.28. The van der Waals surface area contributed by atoms with E-state index in [1.807, 2.05) is 18.2 Å². The number of carbonyl (C=O) groups excluding carboxylic acids is 1. The van der Waals surface area contributed by atoms with E-state index in [9.17, 15) is 4.79 Å². The standard InChI is InChI=1S/C15H21N3O2/c1-3-7-18-8-6-11-4-5-12(9-14(11)18)17-15(19)13(16)10-20-2/h4-6,8-9,13H,3,7,10,16H2,1-2H3,(H,17,19). The number of aryl methyl sites for hydroxylation is 1. The van der Waals surface area contributed by atoms with Gasteiger partial charge in [0.2, 0.25) is 5.91 Å². The molecule has 1 aromatic heterocycles. The van der Waals surface area contributed by atoms with Gasteiger partial charge in [0.15, 0.2) is 0 Å². The van der Waals surface area contributed by atoms with Crippen LogP contribution in [0, 0.1) is 0 Å². The fourth-order valence-electron chi connectivity index (χ4n) is 2.19. The van der Waals surface area contributed by atoms with Gasteiger partial charge in [0, 0.05) is 25.5 Å². The minimum Gasteiger partial charge on any atom is -0.383 e. The number of amides is 1. The predicted octanol–water partition coefficient (Wildman–Crippen LogP) is 1.96. The third-order valence-electron chi connectivity index (χ3n) is 3.19. The zero-order valence-corrected chi connectivity index (χ0v) is 11.9. The van der Waals surface area contributed by atoms with Crippen molar-refractivity contribution in [2.75, 3.05) is 19.0 Å². The number of nitrogens with zero attached hydrogens (tertiary/aromatic N) is 1. The van der Waals surface area contributed by atoms with Crippen LogP contribution < -0.4 is 11.1 Å². The molecule has 1 unspecified atom stereocenters. The van der Waals surface area contributed by atoms with Crippen LogP contribution >= 0.6 is 0 Å². The maximum Gasteiger partial charge on any atom is 0.243 e. The van der Waals surface area contributed by atoms with Gasteiger partial charge in [-0.05, 0) is 30.0 Å². The molecule has 20 heavy (non-hydrogen) atoms. The maximum absolute atomic E-state index is 11.9. The first-order valence-corrected chi connectivity index (χ1v) is 6.80. The molecule has 1 atom stereocenters. The highest BCUT2D eigenvalue weighted by Gasteiger charge is 2.13. The summed E-state index contributed by atoms with van der Waals surface area (Å²) in [5.74, 6) is -0.236. The Balaban J connectivity index is 2.18. The lowest BCUT2D eigenvalue weighted by molar-refractivity contribution is -0.118. The largest absolute Gasteiger partial charge is 0.383 e. The highest BCUT2D eigenvalue weighted by molar-refractivity contribution is 5.96. The smallest absolute Gasteiger partial charge is 0.243 e. The molecule has 2 aromatic rings. The molecule has 5 heteroatoms. The summed E-state index contributed by atoms with van der Waals surface area (Å²) in [5, 5.41) is 3.98. The van der Waals surface area contributed by atoms with Crippen LogP contribution in [0.5, 0.6) is 0 Å². The number of anilines is 1. The molecule has 1 heterocycles. The molecule has 0 saturated carbocycles. The third-order valence-corrected chi connectivity index (χ3v) is 3.19. The Morgan fingerprint density at radius 2 is 2.25 bits per heavy atom. The van der Waals surface area contributed by atoms with Gasteiger partial charge < -0.3 is 20.4 Å². The number of hydrogen-bond donors (Lipinski definition) is 2. The van der Waals surface area contributed by atoms with E-state index in [-0.39, 0.29) is 12.5 Å². The first-order chi connectivity index (χ1) is 9.65. The molecule has 0 aliphatic carbocycles. The van der Waals surface area contributed by atoms with Crippen molar-refractivity contribution in [1.29, 1.82) is 0 Å². The second kappa shape index (κ2) is 6.54. The first kappa shape index (κ1) is 14.6. The quantitative estimate of drug-likeness (QED) is 0.846. The van der Waals surface area contributed by atoms with E-state index in [0.29, 0.717) is 0 Å². The molecule has 1 amide bonds. The molecule has 0 spiro atoms. The summed E-state index contributed by atoms with van der Waals surface area (Å²) in [4.78, 5) is 11.9. The van der Waals surface area contributed by atoms with E-state index in [4.69, 9.17) is 10.5 Å². The minimum absolute atomic E-state index is 0.209. The summed E-state index contributed by atoms with van der Waals surface area (Å²) < 4.78 is 7.06. The number of aromatic nitrogens is 1. The van der Waals surface area contributed by atoms with E-state index in [0.717, 1.165) is 29.6 Å². The van der Waals surface area contributed by atoms with Crippen molar-refractivity contribution >= 4 is 22.5 Å². The summed E-state index contributed by atoms with van der Waals surface area (Å²) in [6.07, 6.45) is 3.13. The van der Waals surface area contributed by atoms with Gasteiger partial charge in [-0.2, -0.15) is 0 Å². The number of fused-ring (bicyclic) bond motifs is 1.